The lowest BCUT2D eigenvalue weighted by Gasteiger charge is -2.08. The van der Waals surface area contributed by atoms with Crippen molar-refractivity contribution < 1.29 is 0 Å². The molecule has 0 aromatic heterocycles. The van der Waals surface area contributed by atoms with Crippen LogP contribution in [0.25, 0.3) is 0 Å². The topological polar surface area (TPSA) is 3.01 Å². The molecule has 1 aliphatic carbocycles. The Labute approximate surface area is 85.7 Å². The first kappa shape index (κ1) is 8.34. The van der Waals surface area contributed by atoms with Gasteiger partial charge in [-0.25, -0.2) is 0 Å². The van der Waals surface area contributed by atoms with Gasteiger partial charge < -0.3 is 4.90 Å². The van der Waals surface area contributed by atoms with E-state index in [9.17, 15) is 0 Å². The number of benzene rings is 1. The van der Waals surface area contributed by atoms with Crippen molar-refractivity contribution in [3.05, 3.63) is 29.8 Å². The largest absolute Gasteiger partial charge is 0.361 e. The minimum atomic E-state index is 0.879. The van der Waals surface area contributed by atoms with E-state index in [4.69, 9.17) is 0 Å². The van der Waals surface area contributed by atoms with Crippen LogP contribution in [0, 0.1) is 6.92 Å². The standard InChI is InChI=1S/C13H17N/c1-10-6-2-3-7-11(10)14-12-8-4-5-9-13(12)14/h2-3,6-7,12-13H,4-5,8-9H2,1H3. The van der Waals surface area contributed by atoms with Gasteiger partial charge in [0.25, 0.3) is 0 Å². The Bertz CT molecular complexity index is 333. The molecule has 0 radical (unpaired) electrons. The predicted octanol–water partition coefficient (Wildman–Crippen LogP) is 3.13. The van der Waals surface area contributed by atoms with Crippen LogP contribution in [0.15, 0.2) is 24.3 Å². The molecule has 74 valence electrons. The summed E-state index contributed by atoms with van der Waals surface area (Å²) in [6.45, 7) is 2.22. The summed E-state index contributed by atoms with van der Waals surface area (Å²) in [6, 6.07) is 10.5. The molecule has 2 unspecified atom stereocenters. The molecular formula is C13H17N. The summed E-state index contributed by atoms with van der Waals surface area (Å²) in [7, 11) is 0. The van der Waals surface area contributed by atoms with E-state index in [2.05, 4.69) is 36.1 Å². The Morgan fingerprint density at radius 2 is 1.71 bits per heavy atom. The minimum Gasteiger partial charge on any atom is -0.361 e. The minimum absolute atomic E-state index is 0.879. The van der Waals surface area contributed by atoms with Gasteiger partial charge in [0.15, 0.2) is 0 Å². The van der Waals surface area contributed by atoms with Gasteiger partial charge in [0, 0.05) is 17.8 Å². The van der Waals surface area contributed by atoms with Gasteiger partial charge in [0.05, 0.1) is 0 Å². The van der Waals surface area contributed by atoms with Crippen LogP contribution in [0.5, 0.6) is 0 Å². The molecule has 0 spiro atoms. The molecule has 1 aromatic carbocycles. The molecule has 0 bridgehead atoms. The molecular weight excluding hydrogens is 170 g/mol. The fraction of sp³-hybridized carbons (Fsp3) is 0.538. The molecule has 3 rings (SSSR count). The number of hydrogen-bond acceptors (Lipinski definition) is 1. The lowest BCUT2D eigenvalue weighted by Crippen LogP contribution is -2.00. The molecule has 1 saturated heterocycles. The molecule has 2 atom stereocenters. The zero-order valence-corrected chi connectivity index (χ0v) is 8.74. The van der Waals surface area contributed by atoms with E-state index in [1.54, 1.807) is 0 Å². The molecule has 1 nitrogen and oxygen atoms in total. The second-order valence-electron chi connectivity index (χ2n) is 4.61. The summed E-state index contributed by atoms with van der Waals surface area (Å²) in [4.78, 5) is 2.63. The summed E-state index contributed by atoms with van der Waals surface area (Å²) >= 11 is 0. The van der Waals surface area contributed by atoms with E-state index in [0.29, 0.717) is 0 Å². The van der Waals surface area contributed by atoms with Gasteiger partial charge in [0.1, 0.15) is 0 Å². The smallest absolute Gasteiger partial charge is 0.0497 e. The summed E-state index contributed by atoms with van der Waals surface area (Å²) in [6.07, 6.45) is 5.70. The van der Waals surface area contributed by atoms with Crippen LogP contribution in [0.3, 0.4) is 0 Å². The van der Waals surface area contributed by atoms with Crippen LogP contribution in [0.1, 0.15) is 31.2 Å². The van der Waals surface area contributed by atoms with Gasteiger partial charge >= 0.3 is 0 Å². The maximum atomic E-state index is 2.63. The van der Waals surface area contributed by atoms with Gasteiger partial charge in [-0.15, -0.1) is 0 Å². The number of para-hydroxylation sites is 1. The maximum Gasteiger partial charge on any atom is 0.0497 e. The fourth-order valence-electron chi connectivity index (χ4n) is 2.92. The van der Waals surface area contributed by atoms with Crippen LogP contribution in [-0.2, 0) is 0 Å². The summed E-state index contributed by atoms with van der Waals surface area (Å²) < 4.78 is 0. The first-order valence-corrected chi connectivity index (χ1v) is 5.72. The Morgan fingerprint density at radius 1 is 1.07 bits per heavy atom. The first-order chi connectivity index (χ1) is 6.88. The molecule has 14 heavy (non-hydrogen) atoms. The molecule has 1 aliphatic heterocycles. The number of fused-ring (bicyclic) bond motifs is 1. The van der Waals surface area contributed by atoms with E-state index in [0.717, 1.165) is 12.1 Å². The van der Waals surface area contributed by atoms with Crippen LogP contribution in [0.4, 0.5) is 5.69 Å². The van der Waals surface area contributed by atoms with Crippen LogP contribution in [0.2, 0.25) is 0 Å². The van der Waals surface area contributed by atoms with Crippen molar-refractivity contribution in [1.29, 1.82) is 0 Å². The fourth-order valence-corrected chi connectivity index (χ4v) is 2.92. The van der Waals surface area contributed by atoms with E-state index >= 15 is 0 Å². The number of nitrogens with zero attached hydrogens (tertiary/aromatic N) is 1. The van der Waals surface area contributed by atoms with Crippen LogP contribution < -0.4 is 4.90 Å². The third kappa shape index (κ3) is 1.15. The van der Waals surface area contributed by atoms with Gasteiger partial charge in [0.2, 0.25) is 0 Å². The average Bonchev–Trinajstić information content (AvgIpc) is 2.93. The Morgan fingerprint density at radius 3 is 2.36 bits per heavy atom. The lowest BCUT2D eigenvalue weighted by atomic mass is 10.0. The summed E-state index contributed by atoms with van der Waals surface area (Å²) in [5, 5.41) is 0. The SMILES string of the molecule is Cc1ccccc1N1C2CCCCC21. The number of hydrogen-bond donors (Lipinski definition) is 0. The lowest BCUT2D eigenvalue weighted by molar-refractivity contribution is 0.571. The number of anilines is 1. The second kappa shape index (κ2) is 3.01. The van der Waals surface area contributed by atoms with Gasteiger partial charge in [-0.05, 0) is 31.4 Å². The Kier molecular flexibility index (Phi) is 1.79. The van der Waals surface area contributed by atoms with Gasteiger partial charge in [-0.2, -0.15) is 0 Å². The maximum absolute atomic E-state index is 2.63. The molecule has 2 fully saturated rings. The zero-order chi connectivity index (χ0) is 9.54. The number of rotatable bonds is 1. The molecule has 2 aliphatic rings. The Hall–Kier alpha value is -0.980. The number of aryl methyl sites for hydroxylation is 1. The highest BCUT2D eigenvalue weighted by Gasteiger charge is 2.48. The van der Waals surface area contributed by atoms with E-state index in [1.807, 2.05) is 0 Å². The zero-order valence-electron chi connectivity index (χ0n) is 8.74. The molecule has 1 heterocycles. The van der Waals surface area contributed by atoms with E-state index in [-0.39, 0.29) is 0 Å². The molecule has 1 saturated carbocycles. The third-order valence-corrected chi connectivity index (χ3v) is 3.71. The molecule has 0 N–H and O–H groups in total. The second-order valence-corrected chi connectivity index (χ2v) is 4.61. The van der Waals surface area contributed by atoms with Crippen molar-refractivity contribution in [3.63, 3.8) is 0 Å². The Balaban J connectivity index is 1.87. The van der Waals surface area contributed by atoms with Gasteiger partial charge in [-0.1, -0.05) is 31.0 Å². The highest BCUT2D eigenvalue weighted by atomic mass is 15.4. The van der Waals surface area contributed by atoms with Crippen molar-refractivity contribution >= 4 is 5.69 Å². The average molecular weight is 187 g/mol. The van der Waals surface area contributed by atoms with Gasteiger partial charge in [-0.3, -0.25) is 0 Å². The summed E-state index contributed by atoms with van der Waals surface area (Å²) in [5.41, 5.74) is 2.91. The van der Waals surface area contributed by atoms with Crippen molar-refractivity contribution in [2.24, 2.45) is 0 Å². The van der Waals surface area contributed by atoms with Crippen molar-refractivity contribution in [2.45, 2.75) is 44.7 Å². The van der Waals surface area contributed by atoms with Crippen molar-refractivity contribution in [2.75, 3.05) is 4.90 Å². The van der Waals surface area contributed by atoms with Crippen molar-refractivity contribution in [1.82, 2.24) is 0 Å². The quantitative estimate of drug-likeness (QED) is 0.610. The highest BCUT2D eigenvalue weighted by Crippen LogP contribution is 2.44. The first-order valence-electron chi connectivity index (χ1n) is 5.72. The van der Waals surface area contributed by atoms with E-state index in [1.165, 1.54) is 36.9 Å². The third-order valence-electron chi connectivity index (χ3n) is 3.71. The molecule has 1 heteroatoms. The van der Waals surface area contributed by atoms with Crippen LogP contribution >= 0.6 is 0 Å². The summed E-state index contributed by atoms with van der Waals surface area (Å²) in [5.74, 6) is 0. The van der Waals surface area contributed by atoms with Crippen molar-refractivity contribution in [3.8, 4) is 0 Å². The molecule has 1 aromatic rings. The monoisotopic (exact) mass is 187 g/mol. The van der Waals surface area contributed by atoms with E-state index < -0.39 is 0 Å². The molecule has 0 amide bonds. The predicted molar refractivity (Wildman–Crippen MR) is 59.7 cm³/mol. The highest BCUT2D eigenvalue weighted by molar-refractivity contribution is 5.61. The normalized spacial score (nSPS) is 29.9. The van der Waals surface area contributed by atoms with Crippen LogP contribution in [-0.4, -0.2) is 12.1 Å².